The highest BCUT2D eigenvalue weighted by molar-refractivity contribution is 5.91. The van der Waals surface area contributed by atoms with Crippen molar-refractivity contribution in [3.63, 3.8) is 0 Å². The van der Waals surface area contributed by atoms with Crippen LogP contribution in [-0.2, 0) is 11.9 Å². The summed E-state index contributed by atoms with van der Waals surface area (Å²) < 4.78 is 1.66. The Morgan fingerprint density at radius 2 is 2.33 bits per heavy atom. The number of carbonyl (C=O) groups excluding carboxylic acids is 1. The van der Waals surface area contributed by atoms with Crippen LogP contribution in [0.1, 0.15) is 36.2 Å². The molecule has 1 aliphatic rings. The molecule has 1 N–H and O–H groups in total. The molecule has 1 aromatic rings. The Hall–Kier alpha value is -1.36. The first kappa shape index (κ1) is 10.2. The summed E-state index contributed by atoms with van der Waals surface area (Å²) in [7, 11) is 1.78. The van der Waals surface area contributed by atoms with Gasteiger partial charge in [0.05, 0.1) is 18.6 Å². The van der Waals surface area contributed by atoms with E-state index in [1.165, 1.54) is 19.0 Å². The topological polar surface area (TPSA) is 56.2 Å². The van der Waals surface area contributed by atoms with Gasteiger partial charge in [-0.2, -0.15) is 0 Å². The standard InChI is InChI=1S/C10H15N3O2/c1-13-7-11-6-9(13)10(14)12-15-8-4-2-3-5-8/h6-8H,2-5H2,1H3,(H,12,14). The third kappa shape index (κ3) is 2.36. The zero-order chi connectivity index (χ0) is 10.7. The minimum absolute atomic E-state index is 0.183. The van der Waals surface area contributed by atoms with Crippen LogP contribution < -0.4 is 5.48 Å². The summed E-state index contributed by atoms with van der Waals surface area (Å²) >= 11 is 0. The predicted molar refractivity (Wildman–Crippen MR) is 54.0 cm³/mol. The van der Waals surface area contributed by atoms with Crippen LogP contribution in [-0.4, -0.2) is 21.6 Å². The van der Waals surface area contributed by atoms with E-state index < -0.39 is 0 Å². The van der Waals surface area contributed by atoms with Crippen LogP contribution in [0.2, 0.25) is 0 Å². The minimum atomic E-state index is -0.234. The van der Waals surface area contributed by atoms with E-state index >= 15 is 0 Å². The van der Waals surface area contributed by atoms with Gasteiger partial charge in [-0.25, -0.2) is 10.5 Å². The van der Waals surface area contributed by atoms with Crippen molar-refractivity contribution in [3.05, 3.63) is 18.2 Å². The highest BCUT2D eigenvalue weighted by atomic mass is 16.7. The molecule has 0 unspecified atom stereocenters. The number of nitrogens with zero attached hydrogens (tertiary/aromatic N) is 2. The van der Waals surface area contributed by atoms with Crippen molar-refractivity contribution in [2.45, 2.75) is 31.8 Å². The summed E-state index contributed by atoms with van der Waals surface area (Å²) in [5.74, 6) is -0.234. The van der Waals surface area contributed by atoms with E-state index in [4.69, 9.17) is 4.84 Å². The Kier molecular flexibility index (Phi) is 3.01. The quantitative estimate of drug-likeness (QED) is 0.756. The lowest BCUT2D eigenvalue weighted by Gasteiger charge is -2.11. The van der Waals surface area contributed by atoms with Gasteiger partial charge in [0.2, 0.25) is 0 Å². The number of imidazole rings is 1. The van der Waals surface area contributed by atoms with Crippen LogP contribution in [0.25, 0.3) is 0 Å². The molecule has 82 valence electrons. The SMILES string of the molecule is Cn1cncc1C(=O)NOC1CCCC1. The lowest BCUT2D eigenvalue weighted by Crippen LogP contribution is -2.29. The third-order valence-electron chi connectivity index (χ3n) is 2.67. The maximum Gasteiger partial charge on any atom is 0.293 e. The highest BCUT2D eigenvalue weighted by Crippen LogP contribution is 2.19. The maximum atomic E-state index is 11.6. The summed E-state index contributed by atoms with van der Waals surface area (Å²) in [6, 6.07) is 0. The number of aryl methyl sites for hydroxylation is 1. The van der Waals surface area contributed by atoms with Crippen molar-refractivity contribution in [1.29, 1.82) is 0 Å². The average molecular weight is 209 g/mol. The largest absolute Gasteiger partial charge is 0.330 e. The molecular weight excluding hydrogens is 194 g/mol. The van der Waals surface area contributed by atoms with E-state index in [2.05, 4.69) is 10.5 Å². The zero-order valence-corrected chi connectivity index (χ0v) is 8.77. The van der Waals surface area contributed by atoms with Crippen molar-refractivity contribution >= 4 is 5.91 Å². The van der Waals surface area contributed by atoms with Gasteiger partial charge < -0.3 is 4.57 Å². The predicted octanol–water partition coefficient (Wildman–Crippen LogP) is 1.02. The Labute approximate surface area is 88.4 Å². The van der Waals surface area contributed by atoms with Crippen molar-refractivity contribution in [3.8, 4) is 0 Å². The molecule has 0 atom stereocenters. The Balaban J connectivity index is 1.84. The van der Waals surface area contributed by atoms with Crippen molar-refractivity contribution in [2.75, 3.05) is 0 Å². The molecule has 2 rings (SSSR count). The van der Waals surface area contributed by atoms with Crippen LogP contribution in [0.4, 0.5) is 0 Å². The fourth-order valence-corrected chi connectivity index (χ4v) is 1.77. The fraction of sp³-hybridized carbons (Fsp3) is 0.600. The number of nitrogens with one attached hydrogen (secondary N) is 1. The average Bonchev–Trinajstić information content (AvgIpc) is 2.84. The van der Waals surface area contributed by atoms with E-state index in [9.17, 15) is 4.79 Å². The molecule has 0 saturated heterocycles. The van der Waals surface area contributed by atoms with Crippen molar-refractivity contribution in [2.24, 2.45) is 7.05 Å². The second-order valence-electron chi connectivity index (χ2n) is 3.85. The molecule has 0 bridgehead atoms. The van der Waals surface area contributed by atoms with Crippen LogP contribution >= 0.6 is 0 Å². The number of rotatable bonds is 3. The smallest absolute Gasteiger partial charge is 0.293 e. The molecule has 1 fully saturated rings. The van der Waals surface area contributed by atoms with Crippen LogP contribution in [0, 0.1) is 0 Å². The monoisotopic (exact) mass is 209 g/mol. The first-order valence-corrected chi connectivity index (χ1v) is 5.19. The molecule has 1 aromatic heterocycles. The van der Waals surface area contributed by atoms with Crippen LogP contribution in [0.5, 0.6) is 0 Å². The minimum Gasteiger partial charge on any atom is -0.330 e. The van der Waals surface area contributed by atoms with Gasteiger partial charge in [0.1, 0.15) is 5.69 Å². The van der Waals surface area contributed by atoms with Gasteiger partial charge in [-0.1, -0.05) is 12.8 Å². The Morgan fingerprint density at radius 3 is 2.93 bits per heavy atom. The molecular formula is C10H15N3O2. The van der Waals surface area contributed by atoms with Gasteiger partial charge in [-0.15, -0.1) is 0 Å². The molecule has 15 heavy (non-hydrogen) atoms. The number of hydroxylamine groups is 1. The fourth-order valence-electron chi connectivity index (χ4n) is 1.77. The van der Waals surface area contributed by atoms with E-state index in [0.717, 1.165) is 12.8 Å². The zero-order valence-electron chi connectivity index (χ0n) is 8.77. The summed E-state index contributed by atoms with van der Waals surface area (Å²) in [5.41, 5.74) is 2.98. The highest BCUT2D eigenvalue weighted by Gasteiger charge is 2.18. The van der Waals surface area contributed by atoms with Gasteiger partial charge in [-0.05, 0) is 12.8 Å². The summed E-state index contributed by atoms with van der Waals surface area (Å²) in [6.07, 6.45) is 7.73. The molecule has 1 heterocycles. The molecule has 5 heteroatoms. The first-order valence-electron chi connectivity index (χ1n) is 5.19. The number of hydrogen-bond donors (Lipinski definition) is 1. The van der Waals surface area contributed by atoms with Gasteiger partial charge in [0.15, 0.2) is 0 Å². The van der Waals surface area contributed by atoms with Crippen LogP contribution in [0.15, 0.2) is 12.5 Å². The Morgan fingerprint density at radius 1 is 1.60 bits per heavy atom. The lowest BCUT2D eigenvalue weighted by atomic mass is 10.3. The maximum absolute atomic E-state index is 11.6. The molecule has 1 amide bonds. The summed E-state index contributed by atoms with van der Waals surface area (Å²) in [5, 5.41) is 0. The molecule has 1 saturated carbocycles. The van der Waals surface area contributed by atoms with Crippen molar-refractivity contribution < 1.29 is 9.63 Å². The number of aromatic nitrogens is 2. The van der Waals surface area contributed by atoms with E-state index in [1.54, 1.807) is 17.9 Å². The number of carbonyl (C=O) groups is 1. The first-order chi connectivity index (χ1) is 7.27. The van der Waals surface area contributed by atoms with Gasteiger partial charge in [0, 0.05) is 7.05 Å². The molecule has 0 spiro atoms. The summed E-state index contributed by atoms with van der Waals surface area (Å²) in [6.45, 7) is 0. The van der Waals surface area contributed by atoms with E-state index in [1.807, 2.05) is 0 Å². The normalized spacial score (nSPS) is 16.9. The van der Waals surface area contributed by atoms with E-state index in [-0.39, 0.29) is 12.0 Å². The molecule has 0 aromatic carbocycles. The number of hydrogen-bond acceptors (Lipinski definition) is 3. The molecule has 5 nitrogen and oxygen atoms in total. The van der Waals surface area contributed by atoms with Gasteiger partial charge >= 0.3 is 0 Å². The van der Waals surface area contributed by atoms with Crippen LogP contribution in [0.3, 0.4) is 0 Å². The second kappa shape index (κ2) is 4.44. The second-order valence-corrected chi connectivity index (χ2v) is 3.85. The van der Waals surface area contributed by atoms with Gasteiger partial charge in [-0.3, -0.25) is 9.63 Å². The van der Waals surface area contributed by atoms with E-state index in [0.29, 0.717) is 5.69 Å². The number of amides is 1. The lowest BCUT2D eigenvalue weighted by molar-refractivity contribution is -0.0129. The third-order valence-corrected chi connectivity index (χ3v) is 2.67. The van der Waals surface area contributed by atoms with Gasteiger partial charge in [0.25, 0.3) is 5.91 Å². The molecule has 1 aliphatic carbocycles. The Bertz CT molecular complexity index is 342. The van der Waals surface area contributed by atoms with Crippen molar-refractivity contribution in [1.82, 2.24) is 15.0 Å². The molecule has 0 radical (unpaired) electrons. The summed E-state index contributed by atoms with van der Waals surface area (Å²) in [4.78, 5) is 20.8. The molecule has 0 aliphatic heterocycles.